The molecular weight excluding hydrogens is 386 g/mol. The molecule has 29 heavy (non-hydrogen) atoms. The fourth-order valence-corrected chi connectivity index (χ4v) is 3.97. The quantitative estimate of drug-likeness (QED) is 0.600. The number of likely N-dealkylation sites (tertiary alicyclic amines) is 1. The number of piperidine rings is 1. The Balaban J connectivity index is 1.60. The molecule has 6 nitrogen and oxygen atoms in total. The van der Waals surface area contributed by atoms with E-state index in [4.69, 9.17) is 11.6 Å². The minimum absolute atomic E-state index is 0.133. The van der Waals surface area contributed by atoms with Gasteiger partial charge in [-0.25, -0.2) is 0 Å². The van der Waals surface area contributed by atoms with E-state index in [0.717, 1.165) is 53.7 Å². The Labute approximate surface area is 178 Å². The van der Waals surface area contributed by atoms with Gasteiger partial charge in [0.1, 0.15) is 0 Å². The van der Waals surface area contributed by atoms with E-state index in [1.165, 1.54) is 6.42 Å². The van der Waals surface area contributed by atoms with Gasteiger partial charge in [0.05, 0.1) is 11.6 Å². The van der Waals surface area contributed by atoms with Crippen molar-refractivity contribution in [2.24, 2.45) is 12.0 Å². The molecule has 1 aliphatic rings. The normalized spacial score (nSPS) is 14.8. The zero-order valence-corrected chi connectivity index (χ0v) is 18.2. The summed E-state index contributed by atoms with van der Waals surface area (Å²) in [5.41, 5.74) is 2.92. The molecule has 3 rings (SSSR count). The maximum absolute atomic E-state index is 12.8. The summed E-state index contributed by atoms with van der Waals surface area (Å²) >= 11 is 6.08. The lowest BCUT2D eigenvalue weighted by atomic mass is 10.1. The highest BCUT2D eigenvalue weighted by Crippen LogP contribution is 2.15. The van der Waals surface area contributed by atoms with Crippen molar-refractivity contribution in [1.82, 2.24) is 19.7 Å². The monoisotopic (exact) mass is 415 g/mol. The number of carbonyl (C=O) groups excluding carboxylic acids is 1. The maximum atomic E-state index is 12.8. The van der Waals surface area contributed by atoms with Crippen LogP contribution in [0.4, 0.5) is 0 Å². The number of hydrogen-bond acceptors (Lipinski definition) is 2. The zero-order valence-electron chi connectivity index (χ0n) is 17.5. The van der Waals surface area contributed by atoms with E-state index >= 15 is 0 Å². The van der Waals surface area contributed by atoms with Crippen LogP contribution >= 0.6 is 11.6 Å². The first-order valence-corrected chi connectivity index (χ1v) is 10.5. The van der Waals surface area contributed by atoms with E-state index < -0.39 is 0 Å². The average molecular weight is 416 g/mol. The second-order valence-electron chi connectivity index (χ2n) is 7.57. The highest BCUT2D eigenvalue weighted by atomic mass is 35.5. The second-order valence-corrected chi connectivity index (χ2v) is 8.01. The van der Waals surface area contributed by atoms with Crippen molar-refractivity contribution in [3.05, 3.63) is 58.4 Å². The predicted octanol–water partition coefficient (Wildman–Crippen LogP) is 3.51. The van der Waals surface area contributed by atoms with Gasteiger partial charge in [-0.15, -0.1) is 0 Å². The van der Waals surface area contributed by atoms with Crippen LogP contribution in [0.3, 0.4) is 0 Å². The zero-order chi connectivity index (χ0) is 20.8. The Kier molecular flexibility index (Phi) is 7.20. The summed E-state index contributed by atoms with van der Waals surface area (Å²) in [5.74, 6) is 0.920. The number of hydrogen-bond donors (Lipinski definition) is 1. The van der Waals surface area contributed by atoms with Crippen LogP contribution < -0.4 is 5.32 Å². The lowest BCUT2D eigenvalue weighted by molar-refractivity contribution is 0.0724. The highest BCUT2D eigenvalue weighted by molar-refractivity contribution is 6.30. The molecule has 0 radical (unpaired) electrons. The summed E-state index contributed by atoms with van der Waals surface area (Å²) in [6.45, 7) is 3.02. The number of halogens is 1. The number of nitrogens with one attached hydrogen (secondary N) is 1. The molecule has 0 atom stereocenters. The number of aryl methyl sites for hydroxylation is 1. The van der Waals surface area contributed by atoms with Crippen LogP contribution in [0.25, 0.3) is 0 Å². The maximum Gasteiger partial charge on any atom is 0.253 e. The Hall–Kier alpha value is -2.47. The van der Waals surface area contributed by atoms with Gasteiger partial charge >= 0.3 is 0 Å². The number of nitrogens with zero attached hydrogens (tertiary/aromatic N) is 4. The molecule has 1 saturated heterocycles. The molecule has 1 aromatic carbocycles. The first-order valence-electron chi connectivity index (χ1n) is 10.1. The van der Waals surface area contributed by atoms with Gasteiger partial charge in [0.2, 0.25) is 0 Å². The molecule has 1 fully saturated rings. The smallest absolute Gasteiger partial charge is 0.253 e. The molecule has 0 bridgehead atoms. The first kappa shape index (κ1) is 21.2. The van der Waals surface area contributed by atoms with Crippen molar-refractivity contribution < 1.29 is 4.79 Å². The standard InChI is InChI=1S/C22H30ClN5O/c1-24-22(27(3)16-20-13-19(23)15-26(20)2)25-14-17-8-7-9-18(12-17)21(29)28-10-5-4-6-11-28/h7-9,12-13,15H,4-6,10-11,14,16H2,1-3H3,(H,24,25). The molecule has 2 aromatic rings. The lowest BCUT2D eigenvalue weighted by Crippen LogP contribution is -2.38. The van der Waals surface area contributed by atoms with Crippen LogP contribution in [0.5, 0.6) is 0 Å². The molecule has 7 heteroatoms. The molecule has 0 unspecified atom stereocenters. The van der Waals surface area contributed by atoms with Gasteiger partial charge in [0.15, 0.2) is 5.96 Å². The summed E-state index contributed by atoms with van der Waals surface area (Å²) in [6.07, 6.45) is 5.31. The van der Waals surface area contributed by atoms with E-state index in [9.17, 15) is 4.79 Å². The van der Waals surface area contributed by atoms with Crippen molar-refractivity contribution in [2.75, 3.05) is 27.2 Å². The van der Waals surface area contributed by atoms with Gasteiger partial charge in [0.25, 0.3) is 5.91 Å². The van der Waals surface area contributed by atoms with Gasteiger partial charge in [0, 0.05) is 58.2 Å². The van der Waals surface area contributed by atoms with Crippen LogP contribution in [0, 0.1) is 0 Å². The van der Waals surface area contributed by atoms with E-state index in [1.807, 2.05) is 65.0 Å². The summed E-state index contributed by atoms with van der Waals surface area (Å²) in [6, 6.07) is 9.83. The Morgan fingerprint density at radius 2 is 2.00 bits per heavy atom. The van der Waals surface area contributed by atoms with Crippen LogP contribution in [0.15, 0.2) is 41.5 Å². The molecule has 2 heterocycles. The highest BCUT2D eigenvalue weighted by Gasteiger charge is 2.18. The summed E-state index contributed by atoms with van der Waals surface area (Å²) in [5, 5.41) is 4.12. The van der Waals surface area contributed by atoms with Crippen LogP contribution in [0.1, 0.15) is 40.9 Å². The van der Waals surface area contributed by atoms with E-state index in [2.05, 4.69) is 10.3 Å². The number of benzene rings is 1. The number of aromatic nitrogens is 1. The van der Waals surface area contributed by atoms with Crippen molar-refractivity contribution in [3.8, 4) is 0 Å². The lowest BCUT2D eigenvalue weighted by Gasteiger charge is -2.27. The van der Waals surface area contributed by atoms with Crippen molar-refractivity contribution in [1.29, 1.82) is 0 Å². The van der Waals surface area contributed by atoms with Crippen LogP contribution in [0.2, 0.25) is 5.02 Å². The number of rotatable bonds is 5. The van der Waals surface area contributed by atoms with E-state index in [0.29, 0.717) is 13.1 Å². The second kappa shape index (κ2) is 9.83. The van der Waals surface area contributed by atoms with Gasteiger partial charge in [-0.05, 0) is 43.0 Å². The number of guanidine groups is 1. The molecule has 1 amide bonds. The number of aliphatic imine (C=N–C) groups is 1. The van der Waals surface area contributed by atoms with Crippen molar-refractivity contribution in [3.63, 3.8) is 0 Å². The topological polar surface area (TPSA) is 52.9 Å². The third-order valence-corrected chi connectivity index (χ3v) is 5.52. The summed E-state index contributed by atoms with van der Waals surface area (Å²) < 4.78 is 2.02. The number of amides is 1. The summed E-state index contributed by atoms with van der Waals surface area (Å²) in [7, 11) is 5.75. The van der Waals surface area contributed by atoms with Gasteiger partial charge in [-0.2, -0.15) is 0 Å². The molecule has 156 valence electrons. The molecule has 1 aliphatic heterocycles. The van der Waals surface area contributed by atoms with E-state index in [-0.39, 0.29) is 5.91 Å². The number of carbonyl (C=O) groups is 1. The average Bonchev–Trinajstić information content (AvgIpc) is 3.05. The fourth-order valence-electron chi connectivity index (χ4n) is 3.70. The van der Waals surface area contributed by atoms with Gasteiger partial charge in [-0.3, -0.25) is 9.79 Å². The molecule has 0 spiro atoms. The Bertz CT molecular complexity index is 870. The van der Waals surface area contributed by atoms with Crippen molar-refractivity contribution in [2.45, 2.75) is 32.4 Å². The van der Waals surface area contributed by atoms with Gasteiger partial charge < -0.3 is 19.7 Å². The third-order valence-electron chi connectivity index (χ3n) is 5.31. The SMILES string of the molecule is CN=C(NCc1cccc(C(=O)N2CCCCC2)c1)N(C)Cc1cc(Cl)cn1C. The third kappa shape index (κ3) is 5.54. The molecule has 1 aromatic heterocycles. The van der Waals surface area contributed by atoms with Gasteiger partial charge in [-0.1, -0.05) is 23.7 Å². The molecule has 0 aliphatic carbocycles. The molecule has 0 saturated carbocycles. The van der Waals surface area contributed by atoms with Crippen LogP contribution in [-0.2, 0) is 20.1 Å². The predicted molar refractivity (Wildman–Crippen MR) is 118 cm³/mol. The Morgan fingerprint density at radius 3 is 2.66 bits per heavy atom. The minimum Gasteiger partial charge on any atom is -0.352 e. The minimum atomic E-state index is 0.133. The van der Waals surface area contributed by atoms with Crippen LogP contribution in [-0.4, -0.2) is 53.4 Å². The summed E-state index contributed by atoms with van der Waals surface area (Å²) in [4.78, 5) is 21.1. The Morgan fingerprint density at radius 1 is 1.24 bits per heavy atom. The first-order chi connectivity index (χ1) is 14.0. The molecule has 1 N–H and O–H groups in total. The molecular formula is C22H30ClN5O. The van der Waals surface area contributed by atoms with E-state index in [1.54, 1.807) is 7.05 Å². The van der Waals surface area contributed by atoms with Crippen molar-refractivity contribution >= 4 is 23.5 Å². The fraction of sp³-hybridized carbons (Fsp3) is 0.455. The largest absolute Gasteiger partial charge is 0.352 e.